The van der Waals surface area contributed by atoms with Crippen LogP contribution < -0.4 is 4.74 Å². The van der Waals surface area contributed by atoms with Gasteiger partial charge < -0.3 is 14.0 Å². The van der Waals surface area contributed by atoms with Crippen LogP contribution in [-0.2, 0) is 17.9 Å². The lowest BCUT2D eigenvalue weighted by Gasteiger charge is -2.17. The predicted octanol–water partition coefficient (Wildman–Crippen LogP) is 3.84. The molecular weight excluding hydrogens is 354 g/mol. The Hall–Kier alpha value is -2.70. The smallest absolute Gasteiger partial charge is 0.252 e. The molecule has 1 aromatic heterocycles. The van der Waals surface area contributed by atoms with Crippen LogP contribution in [-0.4, -0.2) is 41.3 Å². The van der Waals surface area contributed by atoms with E-state index in [2.05, 4.69) is 46.2 Å². The van der Waals surface area contributed by atoms with E-state index in [1.807, 2.05) is 24.3 Å². The highest BCUT2D eigenvalue weighted by Gasteiger charge is 2.24. The van der Waals surface area contributed by atoms with Crippen molar-refractivity contribution in [1.29, 1.82) is 0 Å². The Bertz CT molecular complexity index is 907. The molecule has 6 nitrogen and oxygen atoms in total. The van der Waals surface area contributed by atoms with Crippen molar-refractivity contribution in [2.45, 2.75) is 32.6 Å². The van der Waals surface area contributed by atoms with Crippen LogP contribution in [0, 0.1) is 6.92 Å². The van der Waals surface area contributed by atoms with Crippen LogP contribution in [0.25, 0.3) is 11.4 Å². The third-order valence-corrected chi connectivity index (χ3v) is 4.87. The standard InChI is InChI=1S/C22H25N3O3/c1-16-4-3-5-17(12-16)13-25-11-10-20(14-25)27-19-8-6-18(7-9-19)22-23-21(15-26-2)28-24-22/h3-9,12,20H,10-11,13-15H2,1-2H3. The van der Waals surface area contributed by atoms with E-state index in [9.17, 15) is 0 Å². The molecule has 3 aromatic rings. The van der Waals surface area contributed by atoms with E-state index in [1.165, 1.54) is 11.1 Å². The van der Waals surface area contributed by atoms with E-state index >= 15 is 0 Å². The van der Waals surface area contributed by atoms with E-state index in [1.54, 1.807) is 7.11 Å². The van der Waals surface area contributed by atoms with Gasteiger partial charge in [0.1, 0.15) is 18.5 Å². The summed E-state index contributed by atoms with van der Waals surface area (Å²) in [6.45, 7) is 5.43. The van der Waals surface area contributed by atoms with Crippen molar-refractivity contribution in [2.24, 2.45) is 0 Å². The molecule has 1 aliphatic rings. The summed E-state index contributed by atoms with van der Waals surface area (Å²) in [7, 11) is 1.60. The molecule has 1 unspecified atom stereocenters. The number of rotatable bonds is 7. The zero-order valence-corrected chi connectivity index (χ0v) is 16.3. The summed E-state index contributed by atoms with van der Waals surface area (Å²) in [6, 6.07) is 16.5. The summed E-state index contributed by atoms with van der Waals surface area (Å²) in [6.07, 6.45) is 1.26. The normalized spacial score (nSPS) is 17.1. The van der Waals surface area contributed by atoms with E-state index in [4.69, 9.17) is 14.0 Å². The van der Waals surface area contributed by atoms with Crippen LogP contribution >= 0.6 is 0 Å². The van der Waals surface area contributed by atoms with Crippen LogP contribution in [0.5, 0.6) is 5.75 Å². The molecule has 1 atom stereocenters. The summed E-state index contributed by atoms with van der Waals surface area (Å²) in [5.74, 6) is 1.90. The zero-order chi connectivity index (χ0) is 19.3. The van der Waals surface area contributed by atoms with Gasteiger partial charge in [-0.05, 0) is 43.2 Å². The average Bonchev–Trinajstić information content (AvgIpc) is 3.33. The SMILES string of the molecule is COCc1nc(-c2ccc(OC3CCN(Cc4cccc(C)c4)C3)cc2)no1. The molecule has 28 heavy (non-hydrogen) atoms. The topological polar surface area (TPSA) is 60.6 Å². The highest BCUT2D eigenvalue weighted by molar-refractivity contribution is 5.55. The van der Waals surface area contributed by atoms with Gasteiger partial charge in [0.25, 0.3) is 5.89 Å². The van der Waals surface area contributed by atoms with Crippen LogP contribution in [0.3, 0.4) is 0 Å². The Morgan fingerprint density at radius 2 is 2.04 bits per heavy atom. The van der Waals surface area contributed by atoms with Crippen LogP contribution in [0.4, 0.5) is 0 Å². The third kappa shape index (κ3) is 4.58. The second-order valence-electron chi connectivity index (χ2n) is 7.22. The lowest BCUT2D eigenvalue weighted by Crippen LogP contribution is -2.24. The molecule has 0 radical (unpaired) electrons. The van der Waals surface area contributed by atoms with Gasteiger partial charge in [0, 0.05) is 32.3 Å². The number of benzene rings is 2. The molecule has 146 valence electrons. The highest BCUT2D eigenvalue weighted by atomic mass is 16.5. The Kier molecular flexibility index (Phi) is 5.69. The lowest BCUT2D eigenvalue weighted by molar-refractivity contribution is 0.151. The molecule has 4 rings (SSSR count). The fourth-order valence-electron chi connectivity index (χ4n) is 3.53. The maximum absolute atomic E-state index is 6.18. The molecule has 1 saturated heterocycles. The highest BCUT2D eigenvalue weighted by Crippen LogP contribution is 2.23. The minimum Gasteiger partial charge on any atom is -0.489 e. The van der Waals surface area contributed by atoms with Crippen molar-refractivity contribution in [3.63, 3.8) is 0 Å². The molecule has 2 aromatic carbocycles. The Morgan fingerprint density at radius 3 is 2.82 bits per heavy atom. The maximum Gasteiger partial charge on any atom is 0.252 e. The minimum atomic E-state index is 0.217. The molecular formula is C22H25N3O3. The number of methoxy groups -OCH3 is 1. The summed E-state index contributed by atoms with van der Waals surface area (Å²) in [5.41, 5.74) is 3.56. The fraction of sp³-hybridized carbons (Fsp3) is 0.364. The van der Waals surface area contributed by atoms with Crippen molar-refractivity contribution in [3.8, 4) is 17.1 Å². The van der Waals surface area contributed by atoms with E-state index in [0.717, 1.165) is 37.4 Å². The van der Waals surface area contributed by atoms with Gasteiger partial charge in [0.15, 0.2) is 0 Å². The first-order valence-electron chi connectivity index (χ1n) is 9.56. The van der Waals surface area contributed by atoms with Crippen molar-refractivity contribution in [1.82, 2.24) is 15.0 Å². The Labute approximate surface area is 165 Å². The number of nitrogens with zero attached hydrogens (tertiary/aromatic N) is 3. The molecule has 0 spiro atoms. The number of hydrogen-bond donors (Lipinski definition) is 0. The minimum absolute atomic E-state index is 0.217. The molecule has 0 N–H and O–H groups in total. The largest absolute Gasteiger partial charge is 0.489 e. The van der Waals surface area contributed by atoms with Crippen molar-refractivity contribution in [2.75, 3.05) is 20.2 Å². The second kappa shape index (κ2) is 8.54. The summed E-state index contributed by atoms with van der Waals surface area (Å²) in [4.78, 5) is 6.76. The van der Waals surface area contributed by atoms with Crippen LogP contribution in [0.1, 0.15) is 23.4 Å². The number of hydrogen-bond acceptors (Lipinski definition) is 6. The predicted molar refractivity (Wildman–Crippen MR) is 106 cm³/mol. The second-order valence-corrected chi connectivity index (χ2v) is 7.22. The van der Waals surface area contributed by atoms with Crippen molar-refractivity contribution >= 4 is 0 Å². The average molecular weight is 379 g/mol. The number of aryl methyl sites for hydroxylation is 1. The Balaban J connectivity index is 1.32. The van der Waals surface area contributed by atoms with Gasteiger partial charge in [-0.3, -0.25) is 4.90 Å². The number of likely N-dealkylation sites (tertiary alicyclic amines) is 1. The summed E-state index contributed by atoms with van der Waals surface area (Å²) < 4.78 is 16.3. The van der Waals surface area contributed by atoms with E-state index in [0.29, 0.717) is 18.3 Å². The number of aromatic nitrogens is 2. The summed E-state index contributed by atoms with van der Waals surface area (Å²) in [5, 5.41) is 3.98. The number of ether oxygens (including phenoxy) is 2. The van der Waals surface area contributed by atoms with Crippen LogP contribution in [0.2, 0.25) is 0 Å². The molecule has 0 bridgehead atoms. The quantitative estimate of drug-likeness (QED) is 0.621. The monoisotopic (exact) mass is 379 g/mol. The van der Waals surface area contributed by atoms with Crippen molar-refractivity contribution < 1.29 is 14.0 Å². The molecule has 0 aliphatic carbocycles. The molecule has 2 heterocycles. The third-order valence-electron chi connectivity index (χ3n) is 4.87. The Morgan fingerprint density at radius 1 is 1.18 bits per heavy atom. The van der Waals surface area contributed by atoms with Gasteiger partial charge in [-0.25, -0.2) is 0 Å². The molecule has 0 saturated carbocycles. The molecule has 6 heteroatoms. The van der Waals surface area contributed by atoms with Gasteiger partial charge in [-0.2, -0.15) is 4.98 Å². The zero-order valence-electron chi connectivity index (χ0n) is 16.3. The van der Waals surface area contributed by atoms with Gasteiger partial charge in [-0.15, -0.1) is 0 Å². The first-order valence-corrected chi connectivity index (χ1v) is 9.56. The van der Waals surface area contributed by atoms with Gasteiger partial charge in [0.05, 0.1) is 0 Å². The van der Waals surface area contributed by atoms with Gasteiger partial charge in [-0.1, -0.05) is 35.0 Å². The van der Waals surface area contributed by atoms with Crippen molar-refractivity contribution in [3.05, 3.63) is 65.5 Å². The van der Waals surface area contributed by atoms with E-state index < -0.39 is 0 Å². The van der Waals surface area contributed by atoms with Crippen LogP contribution in [0.15, 0.2) is 53.1 Å². The molecule has 0 amide bonds. The maximum atomic E-state index is 6.18. The first kappa shape index (κ1) is 18.7. The molecule has 1 fully saturated rings. The summed E-state index contributed by atoms with van der Waals surface area (Å²) >= 11 is 0. The lowest BCUT2D eigenvalue weighted by atomic mass is 10.1. The first-order chi connectivity index (χ1) is 13.7. The van der Waals surface area contributed by atoms with Gasteiger partial charge >= 0.3 is 0 Å². The van der Waals surface area contributed by atoms with E-state index in [-0.39, 0.29) is 6.10 Å². The molecule has 1 aliphatic heterocycles. The fourth-order valence-corrected chi connectivity index (χ4v) is 3.53. The van der Waals surface area contributed by atoms with Gasteiger partial charge in [0.2, 0.25) is 5.82 Å².